The van der Waals surface area contributed by atoms with Crippen molar-refractivity contribution in [3.8, 4) is 0 Å². The molecule has 0 saturated carbocycles. The summed E-state index contributed by atoms with van der Waals surface area (Å²) < 4.78 is 19.3. The zero-order valence-corrected chi connectivity index (χ0v) is 11.4. The zero-order chi connectivity index (χ0) is 13.5. The second-order valence-electron chi connectivity index (χ2n) is 4.28. The van der Waals surface area contributed by atoms with Gasteiger partial charge in [-0.15, -0.1) is 0 Å². The fourth-order valence-corrected chi connectivity index (χ4v) is 1.83. The highest BCUT2D eigenvalue weighted by Gasteiger charge is 2.11. The highest BCUT2D eigenvalue weighted by atomic mass is 19.1. The molecule has 0 bridgehead atoms. The maximum Gasteiger partial charge on any atom is 0.146 e. The number of likely N-dealkylation sites (N-methyl/N-ethyl adjacent to an activating group) is 1. The van der Waals surface area contributed by atoms with Crippen LogP contribution in [0.25, 0.3) is 0 Å². The van der Waals surface area contributed by atoms with Crippen LogP contribution in [0.2, 0.25) is 0 Å². The van der Waals surface area contributed by atoms with Crippen molar-refractivity contribution < 1.29 is 9.13 Å². The van der Waals surface area contributed by atoms with Crippen LogP contribution < -0.4 is 10.6 Å². The average Bonchev–Trinajstić information content (AvgIpc) is 2.35. The molecule has 0 aliphatic heterocycles. The molecular weight excluding hydrogens is 231 g/mol. The Hall–Kier alpha value is -1.13. The lowest BCUT2D eigenvalue weighted by Gasteiger charge is -2.24. The molecule has 0 heterocycles. The molecular formula is C14H23FN2O. The van der Waals surface area contributed by atoms with Crippen LogP contribution in [0.5, 0.6) is 0 Å². The standard InChI is InChI=1S/C14H23FN2O/c1-4-17(8-9-18-5-2)14-7-6-12(11(3)16)10-13(14)15/h6-7,10-11H,4-5,8-9,16H2,1-3H3/t11-/m0/s1. The van der Waals surface area contributed by atoms with Crippen molar-refractivity contribution in [1.82, 2.24) is 0 Å². The lowest BCUT2D eigenvalue weighted by Crippen LogP contribution is -2.28. The highest BCUT2D eigenvalue weighted by Crippen LogP contribution is 2.22. The Labute approximate surface area is 109 Å². The summed E-state index contributed by atoms with van der Waals surface area (Å²) in [5.74, 6) is -0.219. The SMILES string of the molecule is CCOCCN(CC)c1ccc([C@H](C)N)cc1F. The van der Waals surface area contributed by atoms with Crippen LogP contribution in [0.3, 0.4) is 0 Å². The molecule has 0 spiro atoms. The molecule has 0 aromatic heterocycles. The molecule has 0 unspecified atom stereocenters. The molecule has 1 aromatic rings. The molecule has 1 rings (SSSR count). The Morgan fingerprint density at radius 3 is 2.61 bits per heavy atom. The van der Waals surface area contributed by atoms with E-state index in [0.717, 1.165) is 12.1 Å². The maximum atomic E-state index is 14.0. The molecule has 2 N–H and O–H groups in total. The van der Waals surface area contributed by atoms with Crippen LogP contribution in [0.15, 0.2) is 18.2 Å². The van der Waals surface area contributed by atoms with E-state index in [-0.39, 0.29) is 11.9 Å². The van der Waals surface area contributed by atoms with Crippen molar-refractivity contribution in [2.45, 2.75) is 26.8 Å². The summed E-state index contributed by atoms with van der Waals surface area (Å²) in [5, 5.41) is 0. The fraction of sp³-hybridized carbons (Fsp3) is 0.571. The van der Waals surface area contributed by atoms with Gasteiger partial charge in [-0.3, -0.25) is 0 Å². The number of benzene rings is 1. The molecule has 0 aliphatic rings. The van der Waals surface area contributed by atoms with Gasteiger partial charge < -0.3 is 15.4 Å². The first-order chi connectivity index (χ1) is 8.60. The van der Waals surface area contributed by atoms with E-state index < -0.39 is 0 Å². The topological polar surface area (TPSA) is 38.5 Å². The first-order valence-electron chi connectivity index (χ1n) is 6.47. The molecule has 1 atom stereocenters. The van der Waals surface area contributed by atoms with Crippen LogP contribution in [-0.4, -0.2) is 26.3 Å². The van der Waals surface area contributed by atoms with Gasteiger partial charge in [0.2, 0.25) is 0 Å². The van der Waals surface area contributed by atoms with Crippen molar-refractivity contribution in [3.63, 3.8) is 0 Å². The summed E-state index contributed by atoms with van der Waals surface area (Å²) in [4.78, 5) is 1.97. The number of rotatable bonds is 7. The average molecular weight is 254 g/mol. The van der Waals surface area contributed by atoms with Crippen molar-refractivity contribution in [3.05, 3.63) is 29.6 Å². The zero-order valence-electron chi connectivity index (χ0n) is 11.4. The minimum atomic E-state index is -0.219. The number of hydrogen-bond donors (Lipinski definition) is 1. The van der Waals surface area contributed by atoms with Gasteiger partial charge >= 0.3 is 0 Å². The number of halogens is 1. The predicted molar refractivity (Wildman–Crippen MR) is 73.4 cm³/mol. The van der Waals surface area contributed by atoms with Gasteiger partial charge in [-0.2, -0.15) is 0 Å². The van der Waals surface area contributed by atoms with Gasteiger partial charge in [-0.25, -0.2) is 4.39 Å². The normalized spacial score (nSPS) is 12.5. The number of anilines is 1. The van der Waals surface area contributed by atoms with E-state index in [1.54, 1.807) is 6.07 Å². The number of hydrogen-bond acceptors (Lipinski definition) is 3. The predicted octanol–water partition coefficient (Wildman–Crippen LogP) is 2.71. The van der Waals surface area contributed by atoms with Crippen LogP contribution >= 0.6 is 0 Å². The van der Waals surface area contributed by atoms with Crippen molar-refractivity contribution in [2.24, 2.45) is 5.73 Å². The van der Waals surface area contributed by atoms with Gasteiger partial charge in [0.25, 0.3) is 0 Å². The Kier molecular flexibility index (Phi) is 6.09. The third-order valence-electron chi connectivity index (χ3n) is 2.93. The first kappa shape index (κ1) is 14.9. The Bertz CT molecular complexity index is 369. The van der Waals surface area contributed by atoms with Crippen molar-refractivity contribution in [1.29, 1.82) is 0 Å². The molecule has 1 aromatic carbocycles. The number of nitrogens with two attached hydrogens (primary N) is 1. The summed E-state index contributed by atoms with van der Waals surface area (Å²) in [6.07, 6.45) is 0. The van der Waals surface area contributed by atoms with E-state index in [9.17, 15) is 4.39 Å². The molecule has 0 fully saturated rings. The molecule has 4 heteroatoms. The monoisotopic (exact) mass is 254 g/mol. The van der Waals surface area contributed by atoms with E-state index in [2.05, 4.69) is 0 Å². The van der Waals surface area contributed by atoms with E-state index in [1.807, 2.05) is 31.7 Å². The van der Waals surface area contributed by atoms with Crippen LogP contribution in [0.4, 0.5) is 10.1 Å². The largest absolute Gasteiger partial charge is 0.380 e. The summed E-state index contributed by atoms with van der Waals surface area (Å²) in [6.45, 7) is 8.54. The molecule has 102 valence electrons. The molecule has 18 heavy (non-hydrogen) atoms. The number of ether oxygens (including phenoxy) is 1. The van der Waals surface area contributed by atoms with E-state index in [1.165, 1.54) is 6.07 Å². The molecule has 0 amide bonds. The van der Waals surface area contributed by atoms with Crippen LogP contribution in [-0.2, 0) is 4.74 Å². The second-order valence-corrected chi connectivity index (χ2v) is 4.28. The van der Waals surface area contributed by atoms with Crippen LogP contribution in [0.1, 0.15) is 32.4 Å². The van der Waals surface area contributed by atoms with Gasteiger partial charge in [0, 0.05) is 25.7 Å². The molecule has 0 radical (unpaired) electrons. The Balaban J connectivity index is 2.79. The minimum absolute atomic E-state index is 0.146. The summed E-state index contributed by atoms with van der Waals surface area (Å²) in [7, 11) is 0. The molecule has 3 nitrogen and oxygen atoms in total. The lowest BCUT2D eigenvalue weighted by atomic mass is 10.1. The third-order valence-corrected chi connectivity index (χ3v) is 2.93. The van der Waals surface area contributed by atoms with E-state index in [4.69, 9.17) is 10.5 Å². The molecule has 0 saturated heterocycles. The van der Waals surface area contributed by atoms with Gasteiger partial charge in [0.05, 0.1) is 12.3 Å². The maximum absolute atomic E-state index is 14.0. The van der Waals surface area contributed by atoms with Crippen LogP contribution in [0, 0.1) is 5.82 Å². The van der Waals surface area contributed by atoms with Gasteiger partial charge in [0.15, 0.2) is 0 Å². The molecule has 0 aliphatic carbocycles. The summed E-state index contributed by atoms with van der Waals surface area (Å²) in [5.41, 5.74) is 7.17. The summed E-state index contributed by atoms with van der Waals surface area (Å²) >= 11 is 0. The minimum Gasteiger partial charge on any atom is -0.380 e. The van der Waals surface area contributed by atoms with Gasteiger partial charge in [-0.05, 0) is 38.5 Å². The Morgan fingerprint density at radius 2 is 2.11 bits per heavy atom. The van der Waals surface area contributed by atoms with E-state index >= 15 is 0 Å². The second kappa shape index (κ2) is 7.34. The number of nitrogens with zero attached hydrogens (tertiary/aromatic N) is 1. The quantitative estimate of drug-likeness (QED) is 0.760. The van der Waals surface area contributed by atoms with Gasteiger partial charge in [0.1, 0.15) is 5.82 Å². The fourth-order valence-electron chi connectivity index (χ4n) is 1.83. The summed E-state index contributed by atoms with van der Waals surface area (Å²) in [6, 6.07) is 5.05. The smallest absolute Gasteiger partial charge is 0.146 e. The van der Waals surface area contributed by atoms with Crippen molar-refractivity contribution >= 4 is 5.69 Å². The lowest BCUT2D eigenvalue weighted by molar-refractivity contribution is 0.154. The van der Waals surface area contributed by atoms with Crippen molar-refractivity contribution in [2.75, 3.05) is 31.2 Å². The van der Waals surface area contributed by atoms with Gasteiger partial charge in [-0.1, -0.05) is 6.07 Å². The Morgan fingerprint density at radius 1 is 1.39 bits per heavy atom. The third kappa shape index (κ3) is 3.96. The first-order valence-corrected chi connectivity index (χ1v) is 6.47. The van der Waals surface area contributed by atoms with E-state index in [0.29, 0.717) is 25.4 Å². The highest BCUT2D eigenvalue weighted by molar-refractivity contribution is 5.49.